The van der Waals surface area contributed by atoms with E-state index in [-0.39, 0.29) is 23.1 Å². The van der Waals surface area contributed by atoms with Crippen LogP contribution in [0.2, 0.25) is 0 Å². The fourth-order valence-electron chi connectivity index (χ4n) is 3.22. The van der Waals surface area contributed by atoms with E-state index in [1.54, 1.807) is 42.5 Å². The van der Waals surface area contributed by atoms with Crippen molar-refractivity contribution >= 4 is 17.4 Å². The standard InChI is InChI=1S/C24H31NO4/c1-4-7-8-9-17-29-24(28)19-15-13-18(14-16-19)22(26)20-11-10-12-21(23(20)27)25(5-2)6-3/h10-16,27H,4-9,17H2,1-3H3. The Balaban J connectivity index is 2.09. The van der Waals surface area contributed by atoms with Crippen molar-refractivity contribution in [2.24, 2.45) is 0 Å². The average molecular weight is 398 g/mol. The number of para-hydroxylation sites is 1. The second-order valence-electron chi connectivity index (χ2n) is 6.95. The minimum absolute atomic E-state index is 0.0169. The zero-order valence-electron chi connectivity index (χ0n) is 17.6. The molecule has 0 fully saturated rings. The van der Waals surface area contributed by atoms with Gasteiger partial charge in [0.15, 0.2) is 5.78 Å². The fourth-order valence-corrected chi connectivity index (χ4v) is 3.22. The Morgan fingerprint density at radius 2 is 1.55 bits per heavy atom. The van der Waals surface area contributed by atoms with Gasteiger partial charge in [-0.25, -0.2) is 4.79 Å². The van der Waals surface area contributed by atoms with Gasteiger partial charge in [-0.05, 0) is 44.5 Å². The van der Waals surface area contributed by atoms with Crippen molar-refractivity contribution in [2.45, 2.75) is 46.5 Å². The highest BCUT2D eigenvalue weighted by atomic mass is 16.5. The molecular weight excluding hydrogens is 366 g/mol. The number of ketones is 1. The Morgan fingerprint density at radius 3 is 2.17 bits per heavy atom. The monoisotopic (exact) mass is 397 g/mol. The number of ether oxygens (including phenoxy) is 1. The van der Waals surface area contributed by atoms with Crippen LogP contribution in [0.15, 0.2) is 42.5 Å². The zero-order chi connectivity index (χ0) is 21.2. The van der Waals surface area contributed by atoms with Crippen LogP contribution in [-0.2, 0) is 4.74 Å². The van der Waals surface area contributed by atoms with Crippen LogP contribution in [-0.4, -0.2) is 36.6 Å². The van der Waals surface area contributed by atoms with Crippen LogP contribution >= 0.6 is 0 Å². The summed E-state index contributed by atoms with van der Waals surface area (Å²) in [5, 5.41) is 10.6. The van der Waals surface area contributed by atoms with Gasteiger partial charge in [0, 0.05) is 18.7 Å². The summed E-state index contributed by atoms with van der Waals surface area (Å²) < 4.78 is 5.28. The molecule has 0 bridgehead atoms. The number of phenolic OH excluding ortho intramolecular Hbond substituents is 1. The minimum Gasteiger partial charge on any atom is -0.505 e. The van der Waals surface area contributed by atoms with Crippen LogP contribution < -0.4 is 4.90 Å². The first-order valence-corrected chi connectivity index (χ1v) is 10.4. The molecule has 0 spiro atoms. The number of benzene rings is 2. The Labute approximate surface area is 173 Å². The molecule has 0 atom stereocenters. The van der Waals surface area contributed by atoms with Gasteiger partial charge < -0.3 is 14.7 Å². The quantitative estimate of drug-likeness (QED) is 0.320. The predicted molar refractivity (Wildman–Crippen MR) is 116 cm³/mol. The molecule has 0 aliphatic heterocycles. The van der Waals surface area contributed by atoms with Gasteiger partial charge >= 0.3 is 5.97 Å². The maximum atomic E-state index is 12.9. The Bertz CT molecular complexity index is 810. The van der Waals surface area contributed by atoms with Crippen molar-refractivity contribution in [1.29, 1.82) is 0 Å². The number of nitrogens with zero attached hydrogens (tertiary/aromatic N) is 1. The van der Waals surface area contributed by atoms with Gasteiger partial charge in [0.25, 0.3) is 0 Å². The maximum Gasteiger partial charge on any atom is 0.338 e. The summed E-state index contributed by atoms with van der Waals surface area (Å²) in [4.78, 5) is 27.0. The maximum absolute atomic E-state index is 12.9. The van der Waals surface area contributed by atoms with Gasteiger partial charge in [-0.2, -0.15) is 0 Å². The second-order valence-corrected chi connectivity index (χ2v) is 6.95. The highest BCUT2D eigenvalue weighted by molar-refractivity contribution is 6.11. The number of hydrogen-bond acceptors (Lipinski definition) is 5. The molecule has 0 amide bonds. The van der Waals surface area contributed by atoms with Crippen LogP contribution in [0, 0.1) is 0 Å². The predicted octanol–water partition coefficient (Wildman–Crippen LogP) is 5.21. The normalized spacial score (nSPS) is 10.6. The fraction of sp³-hybridized carbons (Fsp3) is 0.417. The van der Waals surface area contributed by atoms with Gasteiger partial charge in [0.2, 0.25) is 0 Å². The van der Waals surface area contributed by atoms with E-state index in [4.69, 9.17) is 4.74 Å². The van der Waals surface area contributed by atoms with E-state index >= 15 is 0 Å². The third-order valence-electron chi connectivity index (χ3n) is 4.98. The summed E-state index contributed by atoms with van der Waals surface area (Å²) >= 11 is 0. The minimum atomic E-state index is -0.383. The molecule has 2 aromatic carbocycles. The van der Waals surface area contributed by atoms with E-state index < -0.39 is 0 Å². The SMILES string of the molecule is CCCCCCOC(=O)c1ccc(C(=O)c2cccc(N(CC)CC)c2O)cc1. The van der Waals surface area contributed by atoms with Gasteiger partial charge in [-0.15, -0.1) is 0 Å². The number of rotatable bonds is 11. The molecule has 5 nitrogen and oxygen atoms in total. The number of unbranched alkanes of at least 4 members (excludes halogenated alkanes) is 3. The lowest BCUT2D eigenvalue weighted by Crippen LogP contribution is -2.22. The second kappa shape index (κ2) is 11.2. The van der Waals surface area contributed by atoms with Gasteiger partial charge in [0.1, 0.15) is 5.75 Å². The van der Waals surface area contributed by atoms with Crippen LogP contribution in [0.25, 0.3) is 0 Å². The molecule has 0 aromatic heterocycles. The molecule has 5 heteroatoms. The van der Waals surface area contributed by atoms with Crippen molar-refractivity contribution in [3.8, 4) is 5.75 Å². The molecule has 2 aromatic rings. The van der Waals surface area contributed by atoms with Gasteiger partial charge in [-0.3, -0.25) is 4.79 Å². The third-order valence-corrected chi connectivity index (χ3v) is 4.98. The van der Waals surface area contributed by atoms with Gasteiger partial charge in [-0.1, -0.05) is 44.4 Å². The highest BCUT2D eigenvalue weighted by Gasteiger charge is 2.19. The van der Waals surface area contributed by atoms with Crippen molar-refractivity contribution in [3.63, 3.8) is 0 Å². The Kier molecular flexibility index (Phi) is 8.71. The van der Waals surface area contributed by atoms with E-state index in [2.05, 4.69) is 6.92 Å². The molecule has 0 saturated carbocycles. The van der Waals surface area contributed by atoms with Crippen LogP contribution in [0.5, 0.6) is 5.75 Å². The summed E-state index contributed by atoms with van der Waals surface area (Å²) in [5.41, 5.74) is 1.72. The molecule has 0 unspecified atom stereocenters. The summed E-state index contributed by atoms with van der Waals surface area (Å²) in [6, 6.07) is 11.6. The number of hydrogen-bond donors (Lipinski definition) is 1. The molecule has 0 aliphatic carbocycles. The van der Waals surface area contributed by atoms with Crippen LogP contribution in [0.4, 0.5) is 5.69 Å². The number of esters is 1. The summed E-state index contributed by atoms with van der Waals surface area (Å²) in [7, 11) is 0. The number of aromatic hydroxyl groups is 1. The number of phenols is 1. The van der Waals surface area contributed by atoms with Crippen molar-refractivity contribution < 1.29 is 19.4 Å². The number of carbonyl (C=O) groups excluding carboxylic acids is 2. The van der Waals surface area contributed by atoms with Crippen molar-refractivity contribution in [1.82, 2.24) is 0 Å². The Hall–Kier alpha value is -2.82. The van der Waals surface area contributed by atoms with E-state index in [0.717, 1.165) is 38.8 Å². The summed E-state index contributed by atoms with van der Waals surface area (Å²) in [6.07, 6.45) is 4.18. The number of anilines is 1. The van der Waals surface area contributed by atoms with Crippen molar-refractivity contribution in [2.75, 3.05) is 24.6 Å². The largest absolute Gasteiger partial charge is 0.505 e. The van der Waals surface area contributed by atoms with Gasteiger partial charge in [0.05, 0.1) is 23.4 Å². The molecule has 156 valence electrons. The topological polar surface area (TPSA) is 66.8 Å². The lowest BCUT2D eigenvalue weighted by molar-refractivity contribution is 0.0497. The zero-order valence-corrected chi connectivity index (χ0v) is 17.6. The molecular formula is C24H31NO4. The highest BCUT2D eigenvalue weighted by Crippen LogP contribution is 2.32. The van der Waals surface area contributed by atoms with Crippen molar-refractivity contribution in [3.05, 3.63) is 59.2 Å². The van der Waals surface area contributed by atoms with E-state index in [9.17, 15) is 14.7 Å². The molecule has 1 N–H and O–H groups in total. The summed E-state index contributed by atoms with van der Waals surface area (Å²) in [5.74, 6) is -0.681. The smallest absolute Gasteiger partial charge is 0.338 e. The molecule has 0 saturated heterocycles. The summed E-state index contributed by atoms with van der Waals surface area (Å²) in [6.45, 7) is 8.01. The molecule has 29 heavy (non-hydrogen) atoms. The molecule has 0 radical (unpaired) electrons. The first-order valence-electron chi connectivity index (χ1n) is 10.4. The van der Waals surface area contributed by atoms with Crippen LogP contribution in [0.3, 0.4) is 0 Å². The lowest BCUT2D eigenvalue weighted by Gasteiger charge is -2.23. The third kappa shape index (κ3) is 5.83. The molecule has 2 rings (SSSR count). The molecule has 0 aliphatic rings. The van der Waals surface area contributed by atoms with E-state index in [1.807, 2.05) is 18.7 Å². The lowest BCUT2D eigenvalue weighted by atomic mass is 10.00. The average Bonchev–Trinajstić information content (AvgIpc) is 2.75. The molecule has 0 heterocycles. The first-order chi connectivity index (χ1) is 14.0. The van der Waals surface area contributed by atoms with E-state index in [0.29, 0.717) is 23.4 Å². The number of carbonyl (C=O) groups is 2. The first kappa shape index (κ1) is 22.5. The van der Waals surface area contributed by atoms with Crippen LogP contribution in [0.1, 0.15) is 72.7 Å². The Morgan fingerprint density at radius 1 is 0.897 bits per heavy atom. The van der Waals surface area contributed by atoms with E-state index in [1.165, 1.54) is 0 Å².